The Morgan fingerprint density at radius 1 is 1.47 bits per heavy atom. The average molecular weight is 274 g/mol. The molecule has 1 unspecified atom stereocenters. The second-order valence-corrected chi connectivity index (χ2v) is 6.15. The van der Waals surface area contributed by atoms with Gasteiger partial charge < -0.3 is 10.0 Å². The van der Waals surface area contributed by atoms with E-state index in [1.807, 2.05) is 11.4 Å². The van der Waals surface area contributed by atoms with Gasteiger partial charge in [0.15, 0.2) is 0 Å². The highest BCUT2D eigenvalue weighted by atomic mass is 35.5. The fraction of sp³-hybridized carbons (Fsp3) is 0.692. The molecule has 0 amide bonds. The van der Waals surface area contributed by atoms with Crippen molar-refractivity contribution in [3.8, 4) is 0 Å². The highest BCUT2D eigenvalue weighted by Crippen LogP contribution is 2.39. The van der Waals surface area contributed by atoms with Crippen LogP contribution >= 0.6 is 22.9 Å². The SMILES string of the molecule is CCCN1CCCC(O)(c2sccc2Cl)CC1. The molecule has 2 nitrogen and oxygen atoms in total. The minimum Gasteiger partial charge on any atom is -0.384 e. The van der Waals surface area contributed by atoms with Crippen molar-refractivity contribution in [1.82, 2.24) is 4.90 Å². The van der Waals surface area contributed by atoms with Crippen LogP contribution in [0.25, 0.3) is 0 Å². The van der Waals surface area contributed by atoms with Gasteiger partial charge in [0.1, 0.15) is 5.60 Å². The summed E-state index contributed by atoms with van der Waals surface area (Å²) in [5.74, 6) is 0. The quantitative estimate of drug-likeness (QED) is 0.911. The Morgan fingerprint density at radius 2 is 2.29 bits per heavy atom. The van der Waals surface area contributed by atoms with E-state index in [-0.39, 0.29) is 0 Å². The molecule has 0 bridgehead atoms. The maximum Gasteiger partial charge on any atom is 0.101 e. The summed E-state index contributed by atoms with van der Waals surface area (Å²) in [4.78, 5) is 3.40. The topological polar surface area (TPSA) is 23.5 Å². The van der Waals surface area contributed by atoms with Crippen molar-refractivity contribution in [2.75, 3.05) is 19.6 Å². The first-order chi connectivity index (χ1) is 8.15. The Morgan fingerprint density at radius 3 is 2.94 bits per heavy atom. The number of thiophene rings is 1. The van der Waals surface area contributed by atoms with Gasteiger partial charge in [0.05, 0.1) is 9.90 Å². The molecule has 2 heterocycles. The van der Waals surface area contributed by atoms with Crippen LogP contribution in [-0.2, 0) is 5.60 Å². The van der Waals surface area contributed by atoms with Crippen LogP contribution in [0.4, 0.5) is 0 Å². The van der Waals surface area contributed by atoms with E-state index in [0.717, 1.165) is 48.8 Å². The highest BCUT2D eigenvalue weighted by Gasteiger charge is 2.34. The van der Waals surface area contributed by atoms with Crippen molar-refractivity contribution < 1.29 is 5.11 Å². The van der Waals surface area contributed by atoms with E-state index in [0.29, 0.717) is 0 Å². The van der Waals surface area contributed by atoms with Crippen molar-refractivity contribution in [1.29, 1.82) is 0 Å². The molecule has 1 saturated heterocycles. The maximum atomic E-state index is 10.8. The number of nitrogens with zero attached hydrogens (tertiary/aromatic N) is 1. The molecular weight excluding hydrogens is 254 g/mol. The van der Waals surface area contributed by atoms with E-state index >= 15 is 0 Å². The van der Waals surface area contributed by atoms with Crippen molar-refractivity contribution >= 4 is 22.9 Å². The van der Waals surface area contributed by atoms with Crippen molar-refractivity contribution in [3.63, 3.8) is 0 Å². The largest absolute Gasteiger partial charge is 0.384 e. The molecule has 1 aliphatic heterocycles. The second-order valence-electron chi connectivity index (χ2n) is 4.82. The molecule has 2 rings (SSSR count). The van der Waals surface area contributed by atoms with Gasteiger partial charge in [0.25, 0.3) is 0 Å². The Bertz CT molecular complexity index is 368. The Kier molecular flexibility index (Phi) is 4.47. The Hall–Kier alpha value is -0.0900. The molecule has 0 aromatic carbocycles. The fourth-order valence-electron chi connectivity index (χ4n) is 2.57. The molecule has 0 saturated carbocycles. The lowest BCUT2D eigenvalue weighted by atomic mass is 9.93. The lowest BCUT2D eigenvalue weighted by Gasteiger charge is -2.26. The molecule has 0 aliphatic carbocycles. The lowest BCUT2D eigenvalue weighted by molar-refractivity contribution is 0.0250. The van der Waals surface area contributed by atoms with Crippen LogP contribution in [0.15, 0.2) is 11.4 Å². The summed E-state index contributed by atoms with van der Waals surface area (Å²) in [6, 6.07) is 1.88. The zero-order valence-electron chi connectivity index (χ0n) is 10.3. The summed E-state index contributed by atoms with van der Waals surface area (Å²) in [5.41, 5.74) is -0.701. The van der Waals surface area contributed by atoms with Crippen LogP contribution in [0.3, 0.4) is 0 Å². The number of aliphatic hydroxyl groups is 1. The molecule has 0 radical (unpaired) electrons. The molecule has 17 heavy (non-hydrogen) atoms. The number of hydrogen-bond acceptors (Lipinski definition) is 3. The van der Waals surface area contributed by atoms with Gasteiger partial charge in [0, 0.05) is 6.54 Å². The molecule has 1 atom stereocenters. The molecule has 96 valence electrons. The van der Waals surface area contributed by atoms with E-state index in [1.165, 1.54) is 6.42 Å². The summed E-state index contributed by atoms with van der Waals surface area (Å²) in [5, 5.41) is 13.5. The van der Waals surface area contributed by atoms with Gasteiger partial charge in [0.2, 0.25) is 0 Å². The number of halogens is 1. The molecule has 1 aliphatic rings. The third kappa shape index (κ3) is 3.02. The molecule has 1 N–H and O–H groups in total. The number of likely N-dealkylation sites (tertiary alicyclic amines) is 1. The van der Waals surface area contributed by atoms with Gasteiger partial charge in [-0.1, -0.05) is 18.5 Å². The van der Waals surface area contributed by atoms with Gasteiger partial charge in [-0.25, -0.2) is 0 Å². The van der Waals surface area contributed by atoms with Crippen LogP contribution in [0.5, 0.6) is 0 Å². The zero-order chi connectivity index (χ0) is 12.3. The summed E-state index contributed by atoms with van der Waals surface area (Å²) in [7, 11) is 0. The van der Waals surface area contributed by atoms with Crippen LogP contribution in [0.2, 0.25) is 5.02 Å². The first-order valence-corrected chi connectivity index (χ1v) is 7.59. The average Bonchev–Trinajstić information content (AvgIpc) is 2.64. The molecule has 1 aromatic rings. The first kappa shape index (κ1) is 13.3. The van der Waals surface area contributed by atoms with E-state index in [9.17, 15) is 5.11 Å². The number of hydrogen-bond donors (Lipinski definition) is 1. The van der Waals surface area contributed by atoms with Crippen LogP contribution in [0.1, 0.15) is 37.5 Å². The standard InChI is InChI=1S/C13H20ClNOS/c1-2-7-15-8-3-5-13(16,6-9-15)12-11(14)4-10-17-12/h4,10,16H,2-3,5-9H2,1H3. The maximum absolute atomic E-state index is 10.8. The molecular formula is C13H20ClNOS. The molecule has 1 aromatic heterocycles. The van der Waals surface area contributed by atoms with Crippen molar-refractivity contribution in [2.24, 2.45) is 0 Å². The van der Waals surface area contributed by atoms with E-state index < -0.39 is 5.60 Å². The predicted molar refractivity (Wildman–Crippen MR) is 73.8 cm³/mol. The van der Waals surface area contributed by atoms with Gasteiger partial charge in [-0.2, -0.15) is 0 Å². The molecule has 1 fully saturated rings. The summed E-state index contributed by atoms with van der Waals surface area (Å²) < 4.78 is 0. The second kappa shape index (κ2) is 5.70. The monoisotopic (exact) mass is 273 g/mol. The zero-order valence-corrected chi connectivity index (χ0v) is 11.9. The third-order valence-corrected chi connectivity index (χ3v) is 5.02. The third-order valence-electron chi connectivity index (χ3n) is 3.49. The highest BCUT2D eigenvalue weighted by molar-refractivity contribution is 7.10. The van der Waals surface area contributed by atoms with E-state index in [2.05, 4.69) is 11.8 Å². The summed E-state index contributed by atoms with van der Waals surface area (Å²) >= 11 is 7.73. The first-order valence-electron chi connectivity index (χ1n) is 6.34. The Labute approximate surface area is 112 Å². The van der Waals surface area contributed by atoms with Crippen LogP contribution < -0.4 is 0 Å². The minimum atomic E-state index is -0.701. The number of rotatable bonds is 3. The lowest BCUT2D eigenvalue weighted by Crippen LogP contribution is -2.29. The summed E-state index contributed by atoms with van der Waals surface area (Å²) in [6.07, 6.45) is 3.85. The normalized spacial score (nSPS) is 27.0. The fourth-order valence-corrected chi connectivity index (χ4v) is 3.96. The van der Waals surface area contributed by atoms with Crippen molar-refractivity contribution in [3.05, 3.63) is 21.3 Å². The molecule has 4 heteroatoms. The summed E-state index contributed by atoms with van der Waals surface area (Å²) in [6.45, 7) is 5.40. The van der Waals surface area contributed by atoms with Gasteiger partial charge in [-0.15, -0.1) is 11.3 Å². The van der Waals surface area contributed by atoms with E-state index in [4.69, 9.17) is 11.6 Å². The van der Waals surface area contributed by atoms with Gasteiger partial charge in [-0.3, -0.25) is 0 Å². The van der Waals surface area contributed by atoms with Gasteiger partial charge >= 0.3 is 0 Å². The van der Waals surface area contributed by atoms with Crippen molar-refractivity contribution in [2.45, 2.75) is 38.2 Å². The van der Waals surface area contributed by atoms with Crippen LogP contribution in [-0.4, -0.2) is 29.6 Å². The van der Waals surface area contributed by atoms with Gasteiger partial charge in [-0.05, 0) is 50.2 Å². The van der Waals surface area contributed by atoms with Crippen LogP contribution in [0, 0.1) is 0 Å². The predicted octanol–water partition coefficient (Wildman–Crippen LogP) is 3.49. The Balaban J connectivity index is 2.09. The van der Waals surface area contributed by atoms with E-state index in [1.54, 1.807) is 11.3 Å². The minimum absolute atomic E-state index is 0.701. The smallest absolute Gasteiger partial charge is 0.101 e. The molecule has 0 spiro atoms.